The minimum Gasteiger partial charge on any atom is -0.347 e. The number of carbonyl (C=O) groups excluding carboxylic acids is 3. The topological polar surface area (TPSA) is 78.5 Å². The number of carbonyl (C=O) groups is 3. The summed E-state index contributed by atoms with van der Waals surface area (Å²) < 4.78 is 0. The van der Waals surface area contributed by atoms with Crippen LogP contribution in [0.4, 0.5) is 0 Å². The highest BCUT2D eigenvalue weighted by Gasteiger charge is 2.18. The van der Waals surface area contributed by atoms with Gasteiger partial charge in [0.2, 0.25) is 17.7 Å². The van der Waals surface area contributed by atoms with Gasteiger partial charge in [0.25, 0.3) is 0 Å². The summed E-state index contributed by atoms with van der Waals surface area (Å²) in [6.07, 6.45) is 0. The minimum atomic E-state index is -0.712. The van der Waals surface area contributed by atoms with E-state index < -0.39 is 11.9 Å². The zero-order valence-corrected chi connectivity index (χ0v) is 10.5. The van der Waals surface area contributed by atoms with Gasteiger partial charge in [0.1, 0.15) is 6.04 Å². The summed E-state index contributed by atoms with van der Waals surface area (Å²) in [6, 6.07) is -0.712. The van der Waals surface area contributed by atoms with Gasteiger partial charge in [0.05, 0.1) is 6.54 Å². The van der Waals surface area contributed by atoms with E-state index in [4.69, 9.17) is 0 Å². The molecule has 92 valence electrons. The van der Waals surface area contributed by atoms with Gasteiger partial charge in [-0.1, -0.05) is 0 Å². The molecule has 0 fully saturated rings. The maximum Gasteiger partial charge on any atom is 0.243 e. The van der Waals surface area contributed by atoms with Crippen LogP contribution in [0.1, 0.15) is 6.92 Å². The Morgan fingerprint density at radius 1 is 1.31 bits per heavy atom. The third-order valence-electron chi connectivity index (χ3n) is 1.79. The molecule has 1 unspecified atom stereocenters. The molecule has 3 amide bonds. The molecule has 0 spiro atoms. The number of rotatable bonds is 5. The molecule has 0 radical (unpaired) electrons. The van der Waals surface area contributed by atoms with Crippen LogP contribution in [0.25, 0.3) is 0 Å². The van der Waals surface area contributed by atoms with Crippen molar-refractivity contribution in [2.45, 2.75) is 13.0 Å². The molecule has 6 nitrogen and oxygen atoms in total. The Bertz CT molecular complexity index is 281. The van der Waals surface area contributed by atoms with Crippen molar-refractivity contribution in [3.8, 4) is 0 Å². The molecule has 0 bridgehead atoms. The summed E-state index contributed by atoms with van der Waals surface area (Å²) in [5.74, 6) is -0.760. The third kappa shape index (κ3) is 5.59. The number of thiol groups is 1. The first-order valence-electron chi connectivity index (χ1n) is 4.74. The summed E-state index contributed by atoms with van der Waals surface area (Å²) in [5.41, 5.74) is 0. The van der Waals surface area contributed by atoms with Crippen LogP contribution in [0.5, 0.6) is 0 Å². The highest BCUT2D eigenvalue weighted by Crippen LogP contribution is 1.89. The molecule has 0 aromatic carbocycles. The van der Waals surface area contributed by atoms with Gasteiger partial charge in [-0.05, 0) is 0 Å². The standard InChI is InChI=1S/C9H17N3O3S/c1-6(13)11-7(5-16)9(15)10-4-8(14)12(2)3/h7,16H,4-5H2,1-3H3,(H,10,15)(H,11,13). The van der Waals surface area contributed by atoms with Crippen molar-refractivity contribution in [1.29, 1.82) is 0 Å². The summed E-state index contributed by atoms with van der Waals surface area (Å²) in [6.45, 7) is 1.23. The molecule has 1 atom stereocenters. The molecule has 0 aliphatic rings. The van der Waals surface area contributed by atoms with Crippen LogP contribution in [0.15, 0.2) is 0 Å². The number of likely N-dealkylation sites (N-methyl/N-ethyl adjacent to an activating group) is 1. The van der Waals surface area contributed by atoms with E-state index in [1.165, 1.54) is 11.8 Å². The van der Waals surface area contributed by atoms with E-state index in [1.807, 2.05) is 0 Å². The van der Waals surface area contributed by atoms with E-state index in [2.05, 4.69) is 23.3 Å². The average Bonchev–Trinajstić information content (AvgIpc) is 2.21. The molecule has 0 aliphatic carbocycles. The quantitative estimate of drug-likeness (QED) is 0.524. The van der Waals surface area contributed by atoms with Crippen molar-refractivity contribution in [3.63, 3.8) is 0 Å². The molecule has 2 N–H and O–H groups in total. The molecule has 0 aromatic heterocycles. The summed E-state index contributed by atoms with van der Waals surface area (Å²) in [4.78, 5) is 34.8. The Balaban J connectivity index is 4.12. The Kier molecular flexibility index (Phi) is 6.55. The normalized spacial score (nSPS) is 11.5. The lowest BCUT2D eigenvalue weighted by molar-refractivity contribution is -0.132. The molecule has 0 aliphatic heterocycles. The van der Waals surface area contributed by atoms with Crippen LogP contribution < -0.4 is 10.6 Å². The Morgan fingerprint density at radius 2 is 1.88 bits per heavy atom. The zero-order valence-electron chi connectivity index (χ0n) is 9.61. The largest absolute Gasteiger partial charge is 0.347 e. The van der Waals surface area contributed by atoms with Crippen molar-refractivity contribution in [1.82, 2.24) is 15.5 Å². The summed E-state index contributed by atoms with van der Waals surface area (Å²) >= 11 is 3.94. The molecule has 7 heteroatoms. The molecule has 0 saturated heterocycles. The van der Waals surface area contributed by atoms with Gasteiger partial charge in [-0.2, -0.15) is 12.6 Å². The molecular formula is C9H17N3O3S. The number of hydrogen-bond acceptors (Lipinski definition) is 4. The Hall–Kier alpha value is -1.24. The second kappa shape index (κ2) is 7.10. The number of nitrogens with zero attached hydrogens (tertiary/aromatic N) is 1. The molecule has 0 aromatic rings. The fourth-order valence-electron chi connectivity index (χ4n) is 0.884. The third-order valence-corrected chi connectivity index (χ3v) is 2.15. The summed E-state index contributed by atoms with van der Waals surface area (Å²) in [7, 11) is 3.19. The zero-order chi connectivity index (χ0) is 12.7. The fourth-order valence-corrected chi connectivity index (χ4v) is 1.14. The lowest BCUT2D eigenvalue weighted by atomic mass is 10.3. The van der Waals surface area contributed by atoms with Crippen LogP contribution >= 0.6 is 12.6 Å². The van der Waals surface area contributed by atoms with Crippen molar-refractivity contribution in [3.05, 3.63) is 0 Å². The van der Waals surface area contributed by atoms with Gasteiger partial charge in [0, 0.05) is 26.8 Å². The van der Waals surface area contributed by atoms with Gasteiger partial charge < -0.3 is 15.5 Å². The van der Waals surface area contributed by atoms with Crippen LogP contribution in [0.3, 0.4) is 0 Å². The van der Waals surface area contributed by atoms with Gasteiger partial charge in [0.15, 0.2) is 0 Å². The van der Waals surface area contributed by atoms with Crippen molar-refractivity contribution in [2.24, 2.45) is 0 Å². The maximum atomic E-state index is 11.5. The van der Waals surface area contributed by atoms with E-state index in [9.17, 15) is 14.4 Å². The minimum absolute atomic E-state index is 0.0876. The van der Waals surface area contributed by atoms with E-state index in [0.29, 0.717) is 0 Å². The first-order valence-corrected chi connectivity index (χ1v) is 5.37. The van der Waals surface area contributed by atoms with Crippen LogP contribution in [0, 0.1) is 0 Å². The van der Waals surface area contributed by atoms with Gasteiger partial charge in [-0.3, -0.25) is 14.4 Å². The molecule has 0 heterocycles. The number of hydrogen-bond donors (Lipinski definition) is 3. The Morgan fingerprint density at radius 3 is 2.25 bits per heavy atom. The SMILES string of the molecule is CC(=O)NC(CS)C(=O)NCC(=O)N(C)C. The van der Waals surface area contributed by atoms with E-state index in [-0.39, 0.29) is 24.1 Å². The van der Waals surface area contributed by atoms with Crippen molar-refractivity contribution in [2.75, 3.05) is 26.4 Å². The van der Waals surface area contributed by atoms with Gasteiger partial charge in [-0.25, -0.2) is 0 Å². The molecule has 0 saturated carbocycles. The van der Waals surface area contributed by atoms with Crippen LogP contribution in [-0.4, -0.2) is 55.1 Å². The Labute approximate surface area is 100 Å². The van der Waals surface area contributed by atoms with Gasteiger partial charge >= 0.3 is 0 Å². The predicted octanol–water partition coefficient (Wildman–Crippen LogP) is -1.37. The van der Waals surface area contributed by atoms with Crippen molar-refractivity contribution < 1.29 is 14.4 Å². The predicted molar refractivity (Wildman–Crippen MR) is 63.2 cm³/mol. The second-order valence-electron chi connectivity index (χ2n) is 3.44. The molecular weight excluding hydrogens is 230 g/mol. The highest BCUT2D eigenvalue weighted by molar-refractivity contribution is 7.80. The van der Waals surface area contributed by atoms with Crippen molar-refractivity contribution >= 4 is 30.4 Å². The second-order valence-corrected chi connectivity index (χ2v) is 3.81. The molecule has 16 heavy (non-hydrogen) atoms. The first kappa shape index (κ1) is 14.8. The van der Waals surface area contributed by atoms with E-state index >= 15 is 0 Å². The number of amides is 3. The monoisotopic (exact) mass is 247 g/mol. The highest BCUT2D eigenvalue weighted by atomic mass is 32.1. The van der Waals surface area contributed by atoms with E-state index in [1.54, 1.807) is 14.1 Å². The lowest BCUT2D eigenvalue weighted by Crippen LogP contribution is -2.49. The van der Waals surface area contributed by atoms with Crippen LogP contribution in [0.2, 0.25) is 0 Å². The smallest absolute Gasteiger partial charge is 0.243 e. The molecule has 0 rings (SSSR count). The lowest BCUT2D eigenvalue weighted by Gasteiger charge is -2.16. The number of nitrogens with one attached hydrogen (secondary N) is 2. The van der Waals surface area contributed by atoms with Crippen LogP contribution in [-0.2, 0) is 14.4 Å². The average molecular weight is 247 g/mol. The summed E-state index contributed by atoms with van der Waals surface area (Å²) in [5, 5.41) is 4.86. The maximum absolute atomic E-state index is 11.5. The fraction of sp³-hybridized carbons (Fsp3) is 0.667. The van der Waals surface area contributed by atoms with E-state index in [0.717, 1.165) is 0 Å². The first-order chi connectivity index (χ1) is 7.38. The van der Waals surface area contributed by atoms with Gasteiger partial charge in [-0.15, -0.1) is 0 Å².